The molecule has 19 heavy (non-hydrogen) atoms. The molecule has 1 aromatic heterocycles. The van der Waals surface area contributed by atoms with E-state index < -0.39 is 15.6 Å². The summed E-state index contributed by atoms with van der Waals surface area (Å²) in [7, 11) is -2.26. The van der Waals surface area contributed by atoms with Crippen LogP contribution in [-0.2, 0) is 15.6 Å². The molecule has 0 aliphatic carbocycles. The third kappa shape index (κ3) is 3.16. The van der Waals surface area contributed by atoms with Crippen LogP contribution >= 0.6 is 0 Å². The first-order chi connectivity index (χ1) is 9.01. The zero-order valence-corrected chi connectivity index (χ0v) is 10.9. The molecule has 0 N–H and O–H groups in total. The minimum absolute atomic E-state index is 0.0747. The molecule has 1 heterocycles. The number of aromatic nitrogens is 3. The number of nitrogens with zero attached hydrogens (tertiary/aromatic N) is 3. The lowest BCUT2D eigenvalue weighted by molar-refractivity contribution is -0.670. The van der Waals surface area contributed by atoms with Crippen molar-refractivity contribution in [2.45, 2.75) is 10.6 Å². The van der Waals surface area contributed by atoms with E-state index in [9.17, 15) is 13.6 Å². The average molecular weight is 281 g/mol. The average Bonchev–Trinajstić information content (AvgIpc) is 2.38. The standard InChI is InChI=1S/C11H11N3O4S/c1-18-11-12-9(7-14(15)13-11)8-19(16,17)10-5-3-2-4-6-10/h2-7H,8H2,1H3. The van der Waals surface area contributed by atoms with Gasteiger partial charge in [-0.05, 0) is 12.1 Å². The van der Waals surface area contributed by atoms with Gasteiger partial charge in [0.2, 0.25) is 6.20 Å². The molecule has 0 bridgehead atoms. The van der Waals surface area contributed by atoms with E-state index in [1.807, 2.05) is 0 Å². The van der Waals surface area contributed by atoms with Crippen LogP contribution in [-0.4, -0.2) is 25.6 Å². The molecule has 7 nitrogen and oxygen atoms in total. The number of sulfone groups is 1. The van der Waals surface area contributed by atoms with Gasteiger partial charge in [-0.3, -0.25) is 0 Å². The van der Waals surface area contributed by atoms with Gasteiger partial charge < -0.3 is 9.94 Å². The van der Waals surface area contributed by atoms with Crippen molar-refractivity contribution in [2.24, 2.45) is 0 Å². The van der Waals surface area contributed by atoms with Gasteiger partial charge in [0.1, 0.15) is 11.4 Å². The topological polar surface area (TPSA) is 96.1 Å². The molecule has 0 unspecified atom stereocenters. The summed E-state index contributed by atoms with van der Waals surface area (Å²) < 4.78 is 28.9. The molecule has 0 fully saturated rings. The molecule has 0 atom stereocenters. The fourth-order valence-electron chi connectivity index (χ4n) is 1.48. The molecular weight excluding hydrogens is 270 g/mol. The van der Waals surface area contributed by atoms with E-state index in [1.54, 1.807) is 18.2 Å². The lowest BCUT2D eigenvalue weighted by Crippen LogP contribution is -2.32. The summed E-state index contributed by atoms with van der Waals surface area (Å²) in [6, 6.07) is 7.77. The summed E-state index contributed by atoms with van der Waals surface area (Å²) in [5.74, 6) is -0.391. The molecule has 0 aliphatic heterocycles. The van der Waals surface area contributed by atoms with Crippen molar-refractivity contribution in [1.82, 2.24) is 10.1 Å². The zero-order chi connectivity index (χ0) is 13.9. The molecule has 1 aromatic carbocycles. The first-order valence-corrected chi connectivity index (χ1v) is 6.96. The van der Waals surface area contributed by atoms with Gasteiger partial charge in [0, 0.05) is 0 Å². The van der Waals surface area contributed by atoms with Gasteiger partial charge in [0.05, 0.1) is 17.1 Å². The third-order valence-electron chi connectivity index (χ3n) is 2.31. The Morgan fingerprint density at radius 1 is 1.32 bits per heavy atom. The second kappa shape index (κ2) is 5.19. The quantitative estimate of drug-likeness (QED) is 0.582. The van der Waals surface area contributed by atoms with E-state index in [4.69, 9.17) is 4.74 Å². The van der Waals surface area contributed by atoms with Crippen molar-refractivity contribution in [2.75, 3.05) is 7.11 Å². The molecule has 8 heteroatoms. The predicted octanol–water partition coefficient (Wildman–Crippen LogP) is 0.0925. The maximum atomic E-state index is 12.1. The van der Waals surface area contributed by atoms with E-state index in [-0.39, 0.29) is 21.4 Å². The smallest absolute Gasteiger partial charge is 0.380 e. The highest BCUT2D eigenvalue weighted by Crippen LogP contribution is 2.14. The highest BCUT2D eigenvalue weighted by molar-refractivity contribution is 7.90. The zero-order valence-electron chi connectivity index (χ0n) is 10.1. The Morgan fingerprint density at radius 3 is 2.63 bits per heavy atom. The van der Waals surface area contributed by atoms with Crippen LogP contribution in [0.4, 0.5) is 0 Å². The van der Waals surface area contributed by atoms with E-state index in [0.29, 0.717) is 0 Å². The van der Waals surface area contributed by atoms with E-state index in [1.165, 1.54) is 19.2 Å². The fraction of sp³-hybridized carbons (Fsp3) is 0.182. The second-order valence-corrected chi connectivity index (χ2v) is 5.68. The van der Waals surface area contributed by atoms with E-state index in [2.05, 4.69) is 10.1 Å². The molecule has 2 aromatic rings. The summed E-state index contributed by atoms with van der Waals surface area (Å²) in [5, 5.41) is 14.6. The Balaban J connectivity index is 2.33. The van der Waals surface area contributed by atoms with Crippen molar-refractivity contribution >= 4 is 9.84 Å². The minimum atomic E-state index is -3.55. The lowest BCUT2D eigenvalue weighted by Gasteiger charge is -2.04. The summed E-state index contributed by atoms with van der Waals surface area (Å²) in [5.41, 5.74) is 0.0747. The summed E-state index contributed by atoms with van der Waals surface area (Å²) >= 11 is 0. The Labute approximate surface area is 110 Å². The highest BCUT2D eigenvalue weighted by Gasteiger charge is 2.19. The Kier molecular flexibility index (Phi) is 3.61. The molecule has 0 aliphatic rings. The van der Waals surface area contributed by atoms with Crippen LogP contribution in [0, 0.1) is 5.21 Å². The van der Waals surface area contributed by atoms with Gasteiger partial charge in [-0.15, -0.1) is 0 Å². The van der Waals surface area contributed by atoms with Gasteiger partial charge in [-0.25, -0.2) is 8.42 Å². The normalized spacial score (nSPS) is 11.2. The van der Waals surface area contributed by atoms with Crippen LogP contribution in [0.25, 0.3) is 0 Å². The van der Waals surface area contributed by atoms with Crippen LogP contribution in [0.15, 0.2) is 41.4 Å². The maximum Gasteiger partial charge on any atom is 0.380 e. The molecule has 100 valence electrons. The Hall–Kier alpha value is -2.22. The maximum absolute atomic E-state index is 12.1. The number of hydrogen-bond donors (Lipinski definition) is 0. The first kappa shape index (κ1) is 13.2. The van der Waals surface area contributed by atoms with Crippen molar-refractivity contribution < 1.29 is 18.0 Å². The van der Waals surface area contributed by atoms with E-state index in [0.717, 1.165) is 6.20 Å². The number of ether oxygens (including phenoxy) is 1. The summed E-state index contributed by atoms with van der Waals surface area (Å²) in [6.45, 7) is 0. The van der Waals surface area contributed by atoms with Crippen LogP contribution in [0.1, 0.15) is 5.69 Å². The van der Waals surface area contributed by atoms with Gasteiger partial charge in [-0.2, -0.15) is 4.98 Å². The minimum Gasteiger partial charge on any atom is -0.594 e. The number of hydrogen-bond acceptors (Lipinski definition) is 6. The van der Waals surface area contributed by atoms with Gasteiger partial charge in [0.15, 0.2) is 9.84 Å². The van der Waals surface area contributed by atoms with Crippen LogP contribution in [0.5, 0.6) is 6.01 Å². The third-order valence-corrected chi connectivity index (χ3v) is 3.97. The Morgan fingerprint density at radius 2 is 2.00 bits per heavy atom. The molecule has 0 saturated heterocycles. The lowest BCUT2D eigenvalue weighted by atomic mass is 10.4. The van der Waals surface area contributed by atoms with Crippen LogP contribution < -0.4 is 9.58 Å². The second-order valence-electron chi connectivity index (χ2n) is 3.69. The van der Waals surface area contributed by atoms with Gasteiger partial charge in [0.25, 0.3) is 0 Å². The number of benzene rings is 1. The molecule has 0 spiro atoms. The molecule has 0 amide bonds. The van der Waals surface area contributed by atoms with Crippen LogP contribution in [0.3, 0.4) is 0 Å². The molecule has 0 saturated carbocycles. The van der Waals surface area contributed by atoms with Crippen molar-refractivity contribution in [3.63, 3.8) is 0 Å². The monoisotopic (exact) mass is 281 g/mol. The fourth-order valence-corrected chi connectivity index (χ4v) is 2.74. The number of methoxy groups -OCH3 is 1. The first-order valence-electron chi connectivity index (χ1n) is 5.30. The van der Waals surface area contributed by atoms with Crippen molar-refractivity contribution in [1.29, 1.82) is 0 Å². The highest BCUT2D eigenvalue weighted by atomic mass is 32.2. The number of rotatable bonds is 4. The van der Waals surface area contributed by atoms with Crippen LogP contribution in [0.2, 0.25) is 0 Å². The summed E-state index contributed by atoms with van der Waals surface area (Å²) in [6.07, 6.45) is 1.00. The molecular formula is C11H11N3O4S. The predicted molar refractivity (Wildman–Crippen MR) is 64.9 cm³/mol. The molecule has 2 rings (SSSR count). The largest absolute Gasteiger partial charge is 0.594 e. The van der Waals surface area contributed by atoms with E-state index >= 15 is 0 Å². The molecule has 0 radical (unpaired) electrons. The summed E-state index contributed by atoms with van der Waals surface area (Å²) in [4.78, 5) is 4.22. The van der Waals surface area contributed by atoms with Gasteiger partial charge >= 0.3 is 6.01 Å². The SMILES string of the molecule is COc1nc(CS(=O)(=O)c2ccccc2)c[n+]([O-])n1. The van der Waals surface area contributed by atoms with Gasteiger partial charge in [-0.1, -0.05) is 23.0 Å². The Bertz CT molecular complexity index is 674. The van der Waals surface area contributed by atoms with Crippen molar-refractivity contribution in [3.8, 4) is 6.01 Å². The van der Waals surface area contributed by atoms with Crippen molar-refractivity contribution in [3.05, 3.63) is 47.4 Å².